The Morgan fingerprint density at radius 3 is 2.69 bits per heavy atom. The van der Waals surface area contributed by atoms with Crippen molar-refractivity contribution in [2.45, 2.75) is 32.2 Å². The molecule has 0 bridgehead atoms. The fourth-order valence-corrected chi connectivity index (χ4v) is 1.90. The largest absolute Gasteiger partial charge is 0.480 e. The van der Waals surface area contributed by atoms with Crippen LogP contribution in [-0.2, 0) is 9.59 Å². The summed E-state index contributed by atoms with van der Waals surface area (Å²) < 4.78 is 0. The molecule has 1 rings (SSSR count). The Bertz CT molecular complexity index is 268. The van der Waals surface area contributed by atoms with Crippen molar-refractivity contribution in [3.8, 4) is 0 Å². The molecule has 1 saturated heterocycles. The zero-order valence-electron chi connectivity index (χ0n) is 9.98. The molecule has 0 aromatic heterocycles. The molecule has 1 aliphatic heterocycles. The zero-order chi connectivity index (χ0) is 12.1. The molecule has 1 heterocycles. The van der Waals surface area contributed by atoms with Crippen LogP contribution in [-0.4, -0.2) is 59.5 Å². The summed E-state index contributed by atoms with van der Waals surface area (Å²) in [6, 6.07) is -0.502. The minimum Gasteiger partial charge on any atom is -0.480 e. The van der Waals surface area contributed by atoms with Gasteiger partial charge in [-0.15, -0.1) is 0 Å². The number of likely N-dealkylation sites (N-methyl/N-ethyl adjacent to an activating group) is 1. The van der Waals surface area contributed by atoms with Gasteiger partial charge in [0.15, 0.2) is 0 Å². The van der Waals surface area contributed by atoms with Crippen LogP contribution in [0.25, 0.3) is 0 Å². The molecule has 1 amide bonds. The minimum atomic E-state index is -0.814. The van der Waals surface area contributed by atoms with Crippen molar-refractivity contribution in [2.24, 2.45) is 0 Å². The molecule has 1 aliphatic rings. The summed E-state index contributed by atoms with van der Waals surface area (Å²) in [4.78, 5) is 26.0. The highest BCUT2D eigenvalue weighted by Gasteiger charge is 2.30. The van der Waals surface area contributed by atoms with E-state index in [0.717, 1.165) is 12.8 Å². The second kappa shape index (κ2) is 5.84. The molecule has 0 saturated carbocycles. The molecule has 5 nitrogen and oxygen atoms in total. The molecule has 0 radical (unpaired) electrons. The highest BCUT2D eigenvalue weighted by Crippen LogP contribution is 2.12. The first-order chi connectivity index (χ1) is 7.56. The van der Waals surface area contributed by atoms with Crippen LogP contribution in [0.3, 0.4) is 0 Å². The Hall–Kier alpha value is -1.10. The van der Waals surface area contributed by atoms with E-state index >= 15 is 0 Å². The van der Waals surface area contributed by atoms with Crippen molar-refractivity contribution < 1.29 is 14.7 Å². The summed E-state index contributed by atoms with van der Waals surface area (Å²) >= 11 is 0. The molecule has 0 aliphatic carbocycles. The number of nitrogens with zero attached hydrogens (tertiary/aromatic N) is 2. The Labute approximate surface area is 96.0 Å². The number of hydrogen-bond donors (Lipinski definition) is 1. The van der Waals surface area contributed by atoms with E-state index in [0.29, 0.717) is 19.5 Å². The standard InChI is InChI=1S/C11H20N2O3/c1-3-4-5-9(11(15)16)13-7-6-12(2)10(14)8-13/h9H,3-8H2,1-2H3,(H,15,16). The lowest BCUT2D eigenvalue weighted by molar-refractivity contribution is -0.147. The summed E-state index contributed by atoms with van der Waals surface area (Å²) in [5.74, 6) is -0.806. The Kier molecular flexibility index (Phi) is 4.73. The number of carboxylic acid groups (broad SMARTS) is 1. The van der Waals surface area contributed by atoms with Crippen LogP contribution in [0.5, 0.6) is 0 Å². The van der Waals surface area contributed by atoms with Gasteiger partial charge in [-0.05, 0) is 6.42 Å². The predicted octanol–water partition coefficient (Wildman–Crippen LogP) is 0.404. The number of piperazine rings is 1. The molecule has 1 atom stereocenters. The molecule has 1 N–H and O–H groups in total. The van der Waals surface area contributed by atoms with Gasteiger partial charge < -0.3 is 10.0 Å². The van der Waals surface area contributed by atoms with E-state index in [1.807, 2.05) is 6.92 Å². The van der Waals surface area contributed by atoms with Gasteiger partial charge in [-0.2, -0.15) is 0 Å². The molecule has 1 unspecified atom stereocenters. The maximum absolute atomic E-state index is 11.5. The van der Waals surface area contributed by atoms with Gasteiger partial charge in [0.25, 0.3) is 0 Å². The molecular weight excluding hydrogens is 208 g/mol. The molecule has 92 valence electrons. The van der Waals surface area contributed by atoms with Gasteiger partial charge in [0, 0.05) is 20.1 Å². The second-order valence-corrected chi connectivity index (χ2v) is 4.28. The monoisotopic (exact) mass is 228 g/mol. The number of amides is 1. The summed E-state index contributed by atoms with van der Waals surface area (Å²) in [6.07, 6.45) is 2.49. The van der Waals surface area contributed by atoms with E-state index in [4.69, 9.17) is 5.11 Å². The van der Waals surface area contributed by atoms with E-state index in [-0.39, 0.29) is 12.5 Å². The first kappa shape index (κ1) is 13.0. The van der Waals surface area contributed by atoms with Crippen LogP contribution in [0, 0.1) is 0 Å². The molecule has 1 fully saturated rings. The fourth-order valence-electron chi connectivity index (χ4n) is 1.90. The summed E-state index contributed by atoms with van der Waals surface area (Å²) in [6.45, 7) is 3.54. The third-order valence-corrected chi connectivity index (χ3v) is 3.04. The molecule has 0 aromatic carbocycles. The third kappa shape index (κ3) is 3.20. The quantitative estimate of drug-likeness (QED) is 0.740. The van der Waals surface area contributed by atoms with E-state index in [9.17, 15) is 9.59 Å². The highest BCUT2D eigenvalue weighted by molar-refractivity contribution is 5.80. The van der Waals surface area contributed by atoms with Gasteiger partial charge in [-0.3, -0.25) is 14.5 Å². The van der Waals surface area contributed by atoms with E-state index in [1.54, 1.807) is 16.8 Å². The van der Waals surface area contributed by atoms with Crippen LogP contribution in [0.2, 0.25) is 0 Å². The summed E-state index contributed by atoms with van der Waals surface area (Å²) in [7, 11) is 1.75. The lowest BCUT2D eigenvalue weighted by Crippen LogP contribution is -2.54. The lowest BCUT2D eigenvalue weighted by atomic mass is 10.1. The first-order valence-corrected chi connectivity index (χ1v) is 5.77. The average molecular weight is 228 g/mol. The molecule has 0 spiro atoms. The predicted molar refractivity (Wildman–Crippen MR) is 60.2 cm³/mol. The summed E-state index contributed by atoms with van der Waals surface area (Å²) in [5.41, 5.74) is 0. The van der Waals surface area contributed by atoms with Crippen molar-refractivity contribution in [1.82, 2.24) is 9.80 Å². The molecular formula is C11H20N2O3. The number of carboxylic acids is 1. The van der Waals surface area contributed by atoms with Crippen LogP contribution in [0.15, 0.2) is 0 Å². The number of carbonyl (C=O) groups excluding carboxylic acids is 1. The second-order valence-electron chi connectivity index (χ2n) is 4.28. The number of carbonyl (C=O) groups is 2. The van der Waals surface area contributed by atoms with Gasteiger partial charge in [-0.1, -0.05) is 19.8 Å². The van der Waals surface area contributed by atoms with Crippen molar-refractivity contribution in [1.29, 1.82) is 0 Å². The smallest absolute Gasteiger partial charge is 0.320 e. The first-order valence-electron chi connectivity index (χ1n) is 5.77. The van der Waals surface area contributed by atoms with Crippen LogP contribution >= 0.6 is 0 Å². The zero-order valence-corrected chi connectivity index (χ0v) is 9.98. The van der Waals surface area contributed by atoms with E-state index in [1.165, 1.54) is 0 Å². The Balaban J connectivity index is 2.57. The van der Waals surface area contributed by atoms with Crippen LogP contribution < -0.4 is 0 Å². The highest BCUT2D eigenvalue weighted by atomic mass is 16.4. The van der Waals surface area contributed by atoms with Gasteiger partial charge in [0.2, 0.25) is 5.91 Å². The van der Waals surface area contributed by atoms with Crippen LogP contribution in [0.4, 0.5) is 0 Å². The van der Waals surface area contributed by atoms with Gasteiger partial charge in [0.05, 0.1) is 6.54 Å². The fraction of sp³-hybridized carbons (Fsp3) is 0.818. The topological polar surface area (TPSA) is 60.9 Å². The van der Waals surface area contributed by atoms with Crippen molar-refractivity contribution in [2.75, 3.05) is 26.7 Å². The number of rotatable bonds is 5. The lowest BCUT2D eigenvalue weighted by Gasteiger charge is -2.35. The van der Waals surface area contributed by atoms with Gasteiger partial charge >= 0.3 is 5.97 Å². The number of hydrogen-bond acceptors (Lipinski definition) is 3. The van der Waals surface area contributed by atoms with Crippen LogP contribution in [0.1, 0.15) is 26.2 Å². The van der Waals surface area contributed by atoms with Crippen molar-refractivity contribution >= 4 is 11.9 Å². The Morgan fingerprint density at radius 1 is 1.50 bits per heavy atom. The van der Waals surface area contributed by atoms with Crippen molar-refractivity contribution in [3.05, 3.63) is 0 Å². The maximum Gasteiger partial charge on any atom is 0.320 e. The van der Waals surface area contributed by atoms with E-state index in [2.05, 4.69) is 0 Å². The normalized spacial score (nSPS) is 19.9. The SMILES string of the molecule is CCCCC(C(=O)O)N1CCN(C)C(=O)C1. The van der Waals surface area contributed by atoms with Gasteiger partial charge in [-0.25, -0.2) is 0 Å². The third-order valence-electron chi connectivity index (χ3n) is 3.04. The van der Waals surface area contributed by atoms with E-state index < -0.39 is 12.0 Å². The molecule has 16 heavy (non-hydrogen) atoms. The number of unbranched alkanes of at least 4 members (excludes halogenated alkanes) is 1. The Morgan fingerprint density at radius 2 is 2.19 bits per heavy atom. The molecule has 5 heteroatoms. The number of aliphatic carboxylic acids is 1. The van der Waals surface area contributed by atoms with Crippen molar-refractivity contribution in [3.63, 3.8) is 0 Å². The molecule has 0 aromatic rings. The maximum atomic E-state index is 11.5. The summed E-state index contributed by atoms with van der Waals surface area (Å²) in [5, 5.41) is 9.14. The van der Waals surface area contributed by atoms with Gasteiger partial charge in [0.1, 0.15) is 6.04 Å². The minimum absolute atomic E-state index is 0.00833. The average Bonchev–Trinajstić information content (AvgIpc) is 2.23.